The maximum atomic E-state index is 10.5. The number of hydrogen-bond acceptors (Lipinski definition) is 6. The van der Waals surface area contributed by atoms with Crippen LogP contribution in [0.5, 0.6) is 11.5 Å². The molecular formula is C22H26N4O2. The number of likely N-dealkylation sites (tertiary alicyclic amines) is 1. The number of anilines is 1. The molecule has 6 heteroatoms. The van der Waals surface area contributed by atoms with Gasteiger partial charge in [-0.15, -0.1) is 10.2 Å². The molecule has 0 saturated carbocycles. The molecule has 6 nitrogen and oxygen atoms in total. The van der Waals surface area contributed by atoms with Crippen molar-refractivity contribution in [3.05, 3.63) is 42.0 Å². The lowest BCUT2D eigenvalue weighted by Gasteiger charge is -2.30. The van der Waals surface area contributed by atoms with E-state index in [0.717, 1.165) is 48.1 Å². The van der Waals surface area contributed by atoms with Gasteiger partial charge in [-0.05, 0) is 57.1 Å². The minimum atomic E-state index is 0.191. The highest BCUT2D eigenvalue weighted by atomic mass is 16.5. The van der Waals surface area contributed by atoms with Crippen molar-refractivity contribution in [2.75, 3.05) is 32.6 Å². The number of piperidine rings is 1. The third-order valence-electron chi connectivity index (χ3n) is 5.36. The topological polar surface area (TPSA) is 70.5 Å². The Morgan fingerprint density at radius 2 is 2.07 bits per heavy atom. The van der Waals surface area contributed by atoms with Crippen molar-refractivity contribution in [1.29, 1.82) is 0 Å². The highest BCUT2D eigenvalue weighted by Crippen LogP contribution is 2.39. The largest absolute Gasteiger partial charge is 0.507 e. The van der Waals surface area contributed by atoms with Crippen molar-refractivity contribution in [2.45, 2.75) is 25.8 Å². The summed E-state index contributed by atoms with van der Waals surface area (Å²) in [6.07, 6.45) is 2.27. The van der Waals surface area contributed by atoms with E-state index >= 15 is 0 Å². The number of nitrogens with one attached hydrogen (secondary N) is 1. The minimum Gasteiger partial charge on any atom is -0.507 e. The van der Waals surface area contributed by atoms with Gasteiger partial charge in [-0.25, -0.2) is 0 Å². The Balaban J connectivity index is 1.84. The van der Waals surface area contributed by atoms with Crippen LogP contribution in [0.1, 0.15) is 18.4 Å². The van der Waals surface area contributed by atoms with Gasteiger partial charge in [0.2, 0.25) is 0 Å². The third kappa shape index (κ3) is 3.47. The predicted octanol–water partition coefficient (Wildman–Crippen LogP) is 3.83. The fourth-order valence-electron chi connectivity index (χ4n) is 3.96. The average Bonchev–Trinajstić information content (AvgIpc) is 2.68. The maximum Gasteiger partial charge on any atom is 0.157 e. The number of aromatic hydroxyl groups is 1. The highest BCUT2D eigenvalue weighted by molar-refractivity contribution is 6.04. The van der Waals surface area contributed by atoms with Crippen LogP contribution in [-0.2, 0) is 0 Å². The monoisotopic (exact) mass is 378 g/mol. The number of benzene rings is 2. The summed E-state index contributed by atoms with van der Waals surface area (Å²) in [5.74, 6) is 1.66. The lowest BCUT2D eigenvalue weighted by Crippen LogP contribution is -2.40. The molecule has 2 heterocycles. The van der Waals surface area contributed by atoms with Crippen molar-refractivity contribution in [3.8, 4) is 22.8 Å². The molecule has 0 bridgehead atoms. The fourth-order valence-corrected chi connectivity index (χ4v) is 3.96. The molecule has 1 saturated heterocycles. The molecule has 0 radical (unpaired) electrons. The molecule has 1 aliphatic rings. The number of aryl methyl sites for hydroxylation is 1. The molecule has 0 spiro atoms. The molecule has 3 aromatic rings. The zero-order valence-electron chi connectivity index (χ0n) is 16.6. The number of ether oxygens (including phenoxy) is 1. The molecule has 2 N–H and O–H groups in total. The summed E-state index contributed by atoms with van der Waals surface area (Å²) in [5.41, 5.74) is 2.26. The molecule has 2 aromatic carbocycles. The molecule has 0 unspecified atom stereocenters. The Kier molecular flexibility index (Phi) is 5.05. The van der Waals surface area contributed by atoms with E-state index in [1.165, 1.54) is 0 Å². The van der Waals surface area contributed by atoms with Crippen LogP contribution in [0.3, 0.4) is 0 Å². The summed E-state index contributed by atoms with van der Waals surface area (Å²) in [4.78, 5) is 2.33. The van der Waals surface area contributed by atoms with Crippen LogP contribution in [0, 0.1) is 6.92 Å². The Hall–Kier alpha value is -2.86. The van der Waals surface area contributed by atoms with Gasteiger partial charge in [0.05, 0.1) is 12.5 Å². The van der Waals surface area contributed by atoms with Crippen molar-refractivity contribution >= 4 is 16.6 Å². The standard InChI is InChI=1S/C22H26N4O2/c1-14-9-10-16(18(27)12-14)21-20-17(7-4-8-19(20)28-3)22(25-24-21)23-15-6-5-11-26(2)13-15/h4,7-10,12,15,27H,5-6,11,13H2,1-3H3,(H,23,25)/t15-/m1/s1. The lowest BCUT2D eigenvalue weighted by atomic mass is 10.0. The number of phenols is 1. The molecule has 28 heavy (non-hydrogen) atoms. The van der Waals surface area contributed by atoms with Gasteiger partial charge in [-0.1, -0.05) is 18.2 Å². The minimum absolute atomic E-state index is 0.191. The van der Waals surface area contributed by atoms with Crippen LogP contribution in [0.2, 0.25) is 0 Å². The van der Waals surface area contributed by atoms with Crippen LogP contribution in [0.15, 0.2) is 36.4 Å². The van der Waals surface area contributed by atoms with Crippen molar-refractivity contribution < 1.29 is 9.84 Å². The van der Waals surface area contributed by atoms with Gasteiger partial charge in [0.1, 0.15) is 17.2 Å². The maximum absolute atomic E-state index is 10.5. The SMILES string of the molecule is COc1cccc2c(N[C@@H]3CCCN(C)C3)nnc(-c3ccc(C)cc3O)c12. The molecule has 1 atom stereocenters. The van der Waals surface area contributed by atoms with Crippen LogP contribution < -0.4 is 10.1 Å². The van der Waals surface area contributed by atoms with E-state index in [2.05, 4.69) is 27.5 Å². The molecule has 146 valence electrons. The first-order valence-corrected chi connectivity index (χ1v) is 9.65. The van der Waals surface area contributed by atoms with E-state index < -0.39 is 0 Å². The Morgan fingerprint density at radius 3 is 2.82 bits per heavy atom. The first kappa shape index (κ1) is 18.5. The van der Waals surface area contributed by atoms with E-state index in [1.807, 2.05) is 37.3 Å². The number of methoxy groups -OCH3 is 1. The van der Waals surface area contributed by atoms with Gasteiger partial charge in [-0.2, -0.15) is 0 Å². The molecule has 0 amide bonds. The van der Waals surface area contributed by atoms with E-state index in [0.29, 0.717) is 23.0 Å². The van der Waals surface area contributed by atoms with Gasteiger partial charge in [-0.3, -0.25) is 0 Å². The van der Waals surface area contributed by atoms with E-state index in [1.54, 1.807) is 13.2 Å². The van der Waals surface area contributed by atoms with E-state index in [-0.39, 0.29) is 5.75 Å². The van der Waals surface area contributed by atoms with Gasteiger partial charge in [0, 0.05) is 23.5 Å². The molecule has 1 fully saturated rings. The predicted molar refractivity (Wildman–Crippen MR) is 112 cm³/mol. The fraction of sp³-hybridized carbons (Fsp3) is 0.364. The Bertz CT molecular complexity index is 1010. The summed E-state index contributed by atoms with van der Waals surface area (Å²) < 4.78 is 5.63. The summed E-state index contributed by atoms with van der Waals surface area (Å²) in [6.45, 7) is 4.06. The number of phenolic OH excluding ortho intramolecular Hbond substituents is 1. The number of fused-ring (bicyclic) bond motifs is 1. The first-order chi connectivity index (χ1) is 13.6. The number of nitrogens with zero attached hydrogens (tertiary/aromatic N) is 3. The van der Waals surface area contributed by atoms with Gasteiger partial charge < -0.3 is 20.1 Å². The normalized spacial score (nSPS) is 17.6. The van der Waals surface area contributed by atoms with Crippen molar-refractivity contribution in [1.82, 2.24) is 15.1 Å². The van der Waals surface area contributed by atoms with Gasteiger partial charge in [0.25, 0.3) is 0 Å². The van der Waals surface area contributed by atoms with E-state index in [9.17, 15) is 5.11 Å². The zero-order chi connectivity index (χ0) is 19.7. The Morgan fingerprint density at radius 1 is 1.21 bits per heavy atom. The summed E-state index contributed by atoms with van der Waals surface area (Å²) in [5, 5.41) is 24.9. The number of likely N-dealkylation sites (N-methyl/N-ethyl adjacent to an activating group) is 1. The van der Waals surface area contributed by atoms with Crippen LogP contribution >= 0.6 is 0 Å². The second-order valence-electron chi connectivity index (χ2n) is 7.55. The summed E-state index contributed by atoms with van der Waals surface area (Å²) in [6, 6.07) is 11.8. The second-order valence-corrected chi connectivity index (χ2v) is 7.55. The lowest BCUT2D eigenvalue weighted by molar-refractivity contribution is 0.261. The van der Waals surface area contributed by atoms with Crippen LogP contribution in [0.25, 0.3) is 22.0 Å². The number of hydrogen-bond donors (Lipinski definition) is 2. The summed E-state index contributed by atoms with van der Waals surface area (Å²) in [7, 11) is 3.79. The molecule has 1 aromatic heterocycles. The zero-order valence-corrected chi connectivity index (χ0v) is 16.6. The molecule has 4 rings (SSSR count). The number of aromatic nitrogens is 2. The average molecular weight is 378 g/mol. The second kappa shape index (κ2) is 7.64. The van der Waals surface area contributed by atoms with Gasteiger partial charge >= 0.3 is 0 Å². The quantitative estimate of drug-likeness (QED) is 0.719. The molecular weight excluding hydrogens is 352 g/mol. The third-order valence-corrected chi connectivity index (χ3v) is 5.36. The smallest absolute Gasteiger partial charge is 0.157 e. The van der Waals surface area contributed by atoms with E-state index in [4.69, 9.17) is 4.74 Å². The van der Waals surface area contributed by atoms with Crippen LogP contribution in [-0.4, -0.2) is 53.5 Å². The van der Waals surface area contributed by atoms with Crippen molar-refractivity contribution in [3.63, 3.8) is 0 Å². The first-order valence-electron chi connectivity index (χ1n) is 9.65. The summed E-state index contributed by atoms with van der Waals surface area (Å²) >= 11 is 0. The Labute approximate surface area is 165 Å². The van der Waals surface area contributed by atoms with Crippen molar-refractivity contribution in [2.24, 2.45) is 0 Å². The molecule has 1 aliphatic heterocycles. The highest BCUT2D eigenvalue weighted by Gasteiger charge is 2.21. The number of rotatable bonds is 4. The van der Waals surface area contributed by atoms with Crippen LogP contribution in [0.4, 0.5) is 5.82 Å². The molecule has 0 aliphatic carbocycles. The van der Waals surface area contributed by atoms with Gasteiger partial charge in [0.15, 0.2) is 5.82 Å².